The predicted molar refractivity (Wildman–Crippen MR) is 74.5 cm³/mol. The molecule has 0 heterocycles. The molecule has 2 atom stereocenters. The summed E-state index contributed by atoms with van der Waals surface area (Å²) in [5.41, 5.74) is 0.866. The molecule has 0 aliphatic heterocycles. The van der Waals surface area contributed by atoms with Crippen LogP contribution in [0.5, 0.6) is 0 Å². The van der Waals surface area contributed by atoms with Crippen LogP contribution in [0.3, 0.4) is 0 Å². The first-order valence-electron chi connectivity index (χ1n) is 6.76. The summed E-state index contributed by atoms with van der Waals surface area (Å²) in [6, 6.07) is 10.4. The number of para-hydroxylation sites is 1. The summed E-state index contributed by atoms with van der Waals surface area (Å²) in [6.07, 6.45) is 3.18. The van der Waals surface area contributed by atoms with Crippen LogP contribution in [0.4, 0.5) is 5.69 Å². The summed E-state index contributed by atoms with van der Waals surface area (Å²) < 4.78 is 0. The van der Waals surface area contributed by atoms with Crippen LogP contribution in [0.25, 0.3) is 0 Å². The molecule has 2 rings (SSSR count). The van der Waals surface area contributed by atoms with Crippen molar-refractivity contribution in [2.45, 2.75) is 45.2 Å². The highest BCUT2D eigenvalue weighted by atomic mass is 16.1. The van der Waals surface area contributed by atoms with Crippen molar-refractivity contribution >= 4 is 11.6 Å². The predicted octanol–water partition coefficient (Wildman–Crippen LogP) is 2.79. The molecule has 1 saturated carbocycles. The van der Waals surface area contributed by atoms with Crippen LogP contribution in [0.15, 0.2) is 30.3 Å². The zero-order valence-electron chi connectivity index (χ0n) is 11.1. The lowest BCUT2D eigenvalue weighted by molar-refractivity contribution is -0.116. The molecule has 0 spiro atoms. The standard InChI is InChI=1S/C15H22N2O/c1-11(16-12(2)13-8-9-13)10-15(18)17-14-6-4-3-5-7-14/h3-7,11-13,16H,8-10H2,1-2H3,(H,17,18). The third kappa shape index (κ3) is 4.15. The SMILES string of the molecule is CC(CC(=O)Nc1ccccc1)NC(C)C1CC1. The van der Waals surface area contributed by atoms with Crippen molar-refractivity contribution in [1.82, 2.24) is 5.32 Å². The van der Waals surface area contributed by atoms with Crippen LogP contribution in [-0.4, -0.2) is 18.0 Å². The molecule has 1 aliphatic rings. The van der Waals surface area contributed by atoms with Crippen molar-refractivity contribution in [2.24, 2.45) is 5.92 Å². The summed E-state index contributed by atoms with van der Waals surface area (Å²) in [4.78, 5) is 11.8. The lowest BCUT2D eigenvalue weighted by Crippen LogP contribution is -2.38. The second kappa shape index (κ2) is 6.01. The lowest BCUT2D eigenvalue weighted by Gasteiger charge is -2.19. The zero-order chi connectivity index (χ0) is 13.0. The molecule has 0 saturated heterocycles. The van der Waals surface area contributed by atoms with E-state index in [9.17, 15) is 4.79 Å². The molecule has 2 unspecified atom stereocenters. The number of hydrogen-bond acceptors (Lipinski definition) is 2. The Labute approximate surface area is 109 Å². The number of amides is 1. The molecule has 0 aromatic heterocycles. The van der Waals surface area contributed by atoms with Crippen LogP contribution < -0.4 is 10.6 Å². The Morgan fingerprint density at radius 3 is 2.56 bits per heavy atom. The van der Waals surface area contributed by atoms with Crippen molar-refractivity contribution in [1.29, 1.82) is 0 Å². The summed E-state index contributed by atoms with van der Waals surface area (Å²) in [5, 5.41) is 6.41. The normalized spacial score (nSPS) is 18.1. The third-order valence-electron chi connectivity index (χ3n) is 3.43. The van der Waals surface area contributed by atoms with Crippen molar-refractivity contribution < 1.29 is 4.79 Å². The number of nitrogens with one attached hydrogen (secondary N) is 2. The van der Waals surface area contributed by atoms with Gasteiger partial charge in [-0.2, -0.15) is 0 Å². The highest BCUT2D eigenvalue weighted by molar-refractivity contribution is 5.90. The summed E-state index contributed by atoms with van der Waals surface area (Å²) in [5.74, 6) is 0.897. The molecule has 3 nitrogen and oxygen atoms in total. The van der Waals surface area contributed by atoms with Gasteiger partial charge in [0.05, 0.1) is 0 Å². The van der Waals surface area contributed by atoms with E-state index in [1.54, 1.807) is 0 Å². The first kappa shape index (κ1) is 13.1. The van der Waals surface area contributed by atoms with Gasteiger partial charge in [0.15, 0.2) is 0 Å². The first-order valence-corrected chi connectivity index (χ1v) is 6.76. The molecule has 1 fully saturated rings. The van der Waals surface area contributed by atoms with Gasteiger partial charge in [-0.05, 0) is 44.7 Å². The molecule has 3 heteroatoms. The maximum atomic E-state index is 11.8. The molecule has 1 aromatic rings. The van der Waals surface area contributed by atoms with E-state index in [4.69, 9.17) is 0 Å². The van der Waals surface area contributed by atoms with Crippen molar-refractivity contribution in [2.75, 3.05) is 5.32 Å². The van der Waals surface area contributed by atoms with Crippen LogP contribution in [0, 0.1) is 5.92 Å². The minimum atomic E-state index is 0.0733. The fourth-order valence-corrected chi connectivity index (χ4v) is 2.25. The van der Waals surface area contributed by atoms with Gasteiger partial charge in [-0.15, -0.1) is 0 Å². The van der Waals surface area contributed by atoms with Crippen molar-refractivity contribution in [3.63, 3.8) is 0 Å². The Morgan fingerprint density at radius 2 is 1.94 bits per heavy atom. The van der Waals surface area contributed by atoms with Gasteiger partial charge in [-0.25, -0.2) is 0 Å². The molecule has 1 aromatic carbocycles. The molecule has 1 amide bonds. The Balaban J connectivity index is 1.73. The maximum Gasteiger partial charge on any atom is 0.225 e. The Bertz CT molecular complexity index is 387. The van der Waals surface area contributed by atoms with Crippen molar-refractivity contribution in [3.8, 4) is 0 Å². The van der Waals surface area contributed by atoms with Crippen LogP contribution in [0.2, 0.25) is 0 Å². The summed E-state index contributed by atoms with van der Waals surface area (Å²) >= 11 is 0. The average molecular weight is 246 g/mol. The average Bonchev–Trinajstić information content (AvgIpc) is 3.13. The fourth-order valence-electron chi connectivity index (χ4n) is 2.25. The molecule has 0 radical (unpaired) electrons. The van der Waals surface area contributed by atoms with Crippen LogP contribution >= 0.6 is 0 Å². The van der Waals surface area contributed by atoms with Gasteiger partial charge in [-0.1, -0.05) is 18.2 Å². The molecule has 0 bridgehead atoms. The van der Waals surface area contributed by atoms with E-state index in [2.05, 4.69) is 24.5 Å². The second-order valence-corrected chi connectivity index (χ2v) is 5.31. The van der Waals surface area contributed by atoms with Crippen molar-refractivity contribution in [3.05, 3.63) is 30.3 Å². The highest BCUT2D eigenvalue weighted by Crippen LogP contribution is 2.32. The molecular weight excluding hydrogens is 224 g/mol. The van der Waals surface area contributed by atoms with Gasteiger partial charge < -0.3 is 10.6 Å². The second-order valence-electron chi connectivity index (χ2n) is 5.31. The van der Waals surface area contributed by atoms with Crippen LogP contribution in [-0.2, 0) is 4.79 Å². The number of carbonyl (C=O) groups is 1. The van der Waals surface area contributed by atoms with E-state index in [1.807, 2.05) is 30.3 Å². The highest BCUT2D eigenvalue weighted by Gasteiger charge is 2.28. The number of anilines is 1. The van der Waals surface area contributed by atoms with E-state index in [0.717, 1.165) is 11.6 Å². The topological polar surface area (TPSA) is 41.1 Å². The number of hydrogen-bond donors (Lipinski definition) is 2. The zero-order valence-corrected chi connectivity index (χ0v) is 11.1. The monoisotopic (exact) mass is 246 g/mol. The molecule has 18 heavy (non-hydrogen) atoms. The Morgan fingerprint density at radius 1 is 1.28 bits per heavy atom. The number of carbonyl (C=O) groups excluding carboxylic acids is 1. The smallest absolute Gasteiger partial charge is 0.225 e. The van der Waals surface area contributed by atoms with Gasteiger partial charge in [0, 0.05) is 24.2 Å². The van der Waals surface area contributed by atoms with E-state index in [-0.39, 0.29) is 11.9 Å². The maximum absolute atomic E-state index is 11.8. The lowest BCUT2D eigenvalue weighted by atomic mass is 10.1. The summed E-state index contributed by atoms with van der Waals surface area (Å²) in [6.45, 7) is 4.28. The van der Waals surface area contributed by atoms with Gasteiger partial charge in [0.25, 0.3) is 0 Å². The Hall–Kier alpha value is -1.35. The van der Waals surface area contributed by atoms with Gasteiger partial charge in [-0.3, -0.25) is 4.79 Å². The van der Waals surface area contributed by atoms with Gasteiger partial charge >= 0.3 is 0 Å². The third-order valence-corrected chi connectivity index (χ3v) is 3.43. The van der Waals surface area contributed by atoms with Crippen LogP contribution in [0.1, 0.15) is 33.1 Å². The first-order chi connectivity index (χ1) is 8.65. The summed E-state index contributed by atoms with van der Waals surface area (Å²) in [7, 11) is 0. The minimum Gasteiger partial charge on any atom is -0.326 e. The molecular formula is C15H22N2O. The van der Waals surface area contributed by atoms with E-state index in [0.29, 0.717) is 12.5 Å². The molecule has 1 aliphatic carbocycles. The minimum absolute atomic E-state index is 0.0733. The Kier molecular flexibility index (Phi) is 4.37. The van der Waals surface area contributed by atoms with Gasteiger partial charge in [0.2, 0.25) is 5.91 Å². The number of rotatable bonds is 6. The van der Waals surface area contributed by atoms with E-state index < -0.39 is 0 Å². The molecule has 2 N–H and O–H groups in total. The number of benzene rings is 1. The van der Waals surface area contributed by atoms with E-state index in [1.165, 1.54) is 12.8 Å². The fraction of sp³-hybridized carbons (Fsp3) is 0.533. The molecule has 98 valence electrons. The van der Waals surface area contributed by atoms with E-state index >= 15 is 0 Å². The quantitative estimate of drug-likeness (QED) is 0.810. The largest absolute Gasteiger partial charge is 0.326 e. The van der Waals surface area contributed by atoms with Gasteiger partial charge in [0.1, 0.15) is 0 Å².